The molecule has 0 bridgehead atoms. The Bertz CT molecular complexity index is 491. The van der Waals surface area contributed by atoms with E-state index in [-0.39, 0.29) is 0 Å². The second-order valence-corrected chi connectivity index (χ2v) is 7.96. The molecule has 0 radical (unpaired) electrons. The fraction of sp³-hybridized carbons (Fsp3) is 0.875. The number of rotatable bonds is 3. The molecule has 146 valence electrons. The summed E-state index contributed by atoms with van der Waals surface area (Å²) in [6, 6.07) is 0. The molecule has 8 nitrogen and oxygen atoms in total. The van der Waals surface area contributed by atoms with Gasteiger partial charge in [-0.3, -0.25) is 0 Å². The number of alkyl halides is 1. The van der Waals surface area contributed by atoms with E-state index >= 15 is 0 Å². The zero-order valence-corrected chi connectivity index (χ0v) is 15.6. The fourth-order valence-electron chi connectivity index (χ4n) is 2.00. The third kappa shape index (κ3) is 6.66. The normalized spacial score (nSPS) is 29.9. The molecule has 0 aromatic heterocycles. The average Bonchev–Trinajstić information content (AvgIpc) is 2.55. The van der Waals surface area contributed by atoms with Crippen LogP contribution >= 0.6 is 0 Å². The van der Waals surface area contributed by atoms with E-state index in [0.29, 0.717) is 0 Å². The molecular weight excluding hydrogens is 339 g/mol. The van der Waals surface area contributed by atoms with Crippen LogP contribution in [0.4, 0.5) is 14.0 Å². The Kier molecular flexibility index (Phi) is 6.28. The predicted molar refractivity (Wildman–Crippen MR) is 83.7 cm³/mol. The monoisotopic (exact) mass is 366 g/mol. The van der Waals surface area contributed by atoms with Gasteiger partial charge in [0, 0.05) is 0 Å². The predicted octanol–water partition coefficient (Wildman–Crippen LogP) is 2.70. The zero-order chi connectivity index (χ0) is 19.6. The number of aliphatic hydroxyl groups is 1. The molecule has 4 atom stereocenters. The van der Waals surface area contributed by atoms with Crippen molar-refractivity contribution in [2.24, 2.45) is 0 Å². The molecule has 0 aromatic carbocycles. The summed E-state index contributed by atoms with van der Waals surface area (Å²) in [6.07, 6.45) is -6.72. The molecule has 9 heteroatoms. The molecule has 25 heavy (non-hydrogen) atoms. The van der Waals surface area contributed by atoms with Gasteiger partial charge < -0.3 is 28.8 Å². The maximum Gasteiger partial charge on any atom is 0.509 e. The summed E-state index contributed by atoms with van der Waals surface area (Å²) in [7, 11) is 0. The summed E-state index contributed by atoms with van der Waals surface area (Å²) in [6.45, 7) is 10.3. The van der Waals surface area contributed by atoms with Gasteiger partial charge in [-0.15, -0.1) is 0 Å². The van der Waals surface area contributed by atoms with Crippen molar-refractivity contribution in [3.8, 4) is 0 Å². The van der Waals surface area contributed by atoms with Gasteiger partial charge in [0.25, 0.3) is 0 Å². The molecule has 0 saturated carbocycles. The van der Waals surface area contributed by atoms with E-state index < -0.39 is 54.3 Å². The van der Waals surface area contributed by atoms with Crippen LogP contribution in [0.25, 0.3) is 0 Å². The highest BCUT2D eigenvalue weighted by atomic mass is 19.1. The number of aliphatic hydroxyl groups excluding tert-OH is 1. The van der Waals surface area contributed by atoms with Crippen molar-refractivity contribution in [2.75, 3.05) is 6.61 Å². The van der Waals surface area contributed by atoms with Gasteiger partial charge in [-0.2, -0.15) is 0 Å². The van der Waals surface area contributed by atoms with Gasteiger partial charge in [0.2, 0.25) is 0 Å². The maximum atomic E-state index is 14.6. The Hall–Kier alpha value is -1.61. The van der Waals surface area contributed by atoms with Crippen LogP contribution in [0.2, 0.25) is 0 Å². The first kappa shape index (κ1) is 21.4. The molecule has 1 rings (SSSR count). The number of hydrogen-bond donors (Lipinski definition) is 1. The lowest BCUT2D eigenvalue weighted by molar-refractivity contribution is -0.145. The highest BCUT2D eigenvalue weighted by Gasteiger charge is 2.57. The lowest BCUT2D eigenvalue weighted by Gasteiger charge is -2.27. The Morgan fingerprint density at radius 1 is 1.08 bits per heavy atom. The second-order valence-electron chi connectivity index (χ2n) is 7.96. The van der Waals surface area contributed by atoms with Crippen LogP contribution in [0.1, 0.15) is 48.5 Å². The lowest BCUT2D eigenvalue weighted by Crippen LogP contribution is -2.46. The smallest absolute Gasteiger partial charge is 0.431 e. The van der Waals surface area contributed by atoms with E-state index in [4.69, 9.17) is 23.7 Å². The molecule has 0 amide bonds. The molecule has 1 N–H and O–H groups in total. The summed E-state index contributed by atoms with van der Waals surface area (Å²) < 4.78 is 39.4. The molecule has 0 aliphatic carbocycles. The van der Waals surface area contributed by atoms with E-state index in [1.165, 1.54) is 0 Å². The number of halogens is 1. The summed E-state index contributed by atoms with van der Waals surface area (Å²) >= 11 is 0. The number of hydrogen-bond acceptors (Lipinski definition) is 8. The summed E-state index contributed by atoms with van der Waals surface area (Å²) in [5.74, 6) is 0. The Morgan fingerprint density at radius 3 is 2.04 bits per heavy atom. The van der Waals surface area contributed by atoms with Crippen molar-refractivity contribution in [3.63, 3.8) is 0 Å². The standard InChI is InChI=1S/C16H27FO8/c1-14(2,3)24-12(19)21-8-9-10(16(7,17)11(18)22-9)23-13(20)25-15(4,5)6/h9-11,18H,8H2,1-7H3/t9-,10-,11?,16-/m1/s1. The number of carbonyl (C=O) groups excluding carboxylic acids is 2. The minimum absolute atomic E-state index is 0.473. The quantitative estimate of drug-likeness (QED) is 0.761. The molecule has 1 saturated heterocycles. The van der Waals surface area contributed by atoms with Crippen LogP contribution in [0, 0.1) is 0 Å². The second kappa shape index (κ2) is 7.33. The molecule has 1 heterocycles. The van der Waals surface area contributed by atoms with Crippen LogP contribution < -0.4 is 0 Å². The lowest BCUT2D eigenvalue weighted by atomic mass is 10.00. The third-order valence-electron chi connectivity index (χ3n) is 3.05. The molecule has 1 unspecified atom stereocenters. The Morgan fingerprint density at radius 2 is 1.56 bits per heavy atom. The molecule has 0 aromatic rings. The summed E-state index contributed by atoms with van der Waals surface area (Å²) in [5, 5.41) is 9.69. The number of ether oxygens (including phenoxy) is 5. The van der Waals surface area contributed by atoms with Crippen LogP contribution in [0.3, 0.4) is 0 Å². The Balaban J connectivity index is 2.73. The third-order valence-corrected chi connectivity index (χ3v) is 3.05. The first-order valence-electron chi connectivity index (χ1n) is 7.89. The molecule has 1 fully saturated rings. The maximum absolute atomic E-state index is 14.6. The van der Waals surface area contributed by atoms with Crippen molar-refractivity contribution in [2.45, 2.75) is 83.8 Å². The largest absolute Gasteiger partial charge is 0.509 e. The number of carbonyl (C=O) groups is 2. The summed E-state index contributed by atoms with van der Waals surface area (Å²) in [4.78, 5) is 23.4. The van der Waals surface area contributed by atoms with E-state index in [0.717, 1.165) is 6.92 Å². The van der Waals surface area contributed by atoms with Crippen molar-refractivity contribution in [1.29, 1.82) is 0 Å². The van der Waals surface area contributed by atoms with Crippen LogP contribution in [0.5, 0.6) is 0 Å². The van der Waals surface area contributed by atoms with E-state index in [1.54, 1.807) is 41.5 Å². The average molecular weight is 366 g/mol. The van der Waals surface area contributed by atoms with Gasteiger partial charge in [0.15, 0.2) is 18.1 Å². The summed E-state index contributed by atoms with van der Waals surface area (Å²) in [5.41, 5.74) is -4.02. The van der Waals surface area contributed by atoms with Gasteiger partial charge in [-0.05, 0) is 48.5 Å². The highest BCUT2D eigenvalue weighted by molar-refractivity contribution is 5.61. The zero-order valence-electron chi connectivity index (χ0n) is 15.6. The van der Waals surface area contributed by atoms with Gasteiger partial charge in [-0.25, -0.2) is 14.0 Å². The highest BCUT2D eigenvalue weighted by Crippen LogP contribution is 2.36. The van der Waals surface area contributed by atoms with Crippen molar-refractivity contribution < 1.29 is 42.8 Å². The minimum atomic E-state index is -2.40. The Labute approximate surface area is 146 Å². The van der Waals surface area contributed by atoms with Crippen LogP contribution in [-0.4, -0.2) is 59.4 Å². The SMILES string of the molecule is CC(C)(C)OC(=O)OC[C@H]1OC(O)[C@](C)(F)[C@@H]1OC(=O)OC(C)(C)C. The van der Waals surface area contributed by atoms with Gasteiger partial charge >= 0.3 is 12.3 Å². The first-order chi connectivity index (χ1) is 11.1. The van der Waals surface area contributed by atoms with Crippen LogP contribution in [0.15, 0.2) is 0 Å². The fourth-order valence-corrected chi connectivity index (χ4v) is 2.00. The topological polar surface area (TPSA) is 101 Å². The van der Waals surface area contributed by atoms with Crippen molar-refractivity contribution in [3.05, 3.63) is 0 Å². The van der Waals surface area contributed by atoms with Gasteiger partial charge in [0.1, 0.15) is 23.9 Å². The van der Waals surface area contributed by atoms with E-state index in [2.05, 4.69) is 0 Å². The van der Waals surface area contributed by atoms with Crippen LogP contribution in [-0.2, 0) is 23.7 Å². The first-order valence-corrected chi connectivity index (χ1v) is 7.89. The molecule has 1 aliphatic rings. The molecule has 1 aliphatic heterocycles. The van der Waals surface area contributed by atoms with Crippen molar-refractivity contribution >= 4 is 12.3 Å². The minimum Gasteiger partial charge on any atom is -0.431 e. The van der Waals surface area contributed by atoms with Gasteiger partial charge in [-0.1, -0.05) is 0 Å². The molecular formula is C16H27FO8. The van der Waals surface area contributed by atoms with Gasteiger partial charge in [0.05, 0.1) is 0 Å². The van der Waals surface area contributed by atoms with E-state index in [9.17, 15) is 19.1 Å². The van der Waals surface area contributed by atoms with Crippen molar-refractivity contribution in [1.82, 2.24) is 0 Å². The molecule has 0 spiro atoms. The van der Waals surface area contributed by atoms with E-state index in [1.807, 2.05) is 0 Å².